The number of sulfonamides is 1. The fourth-order valence-electron chi connectivity index (χ4n) is 4.93. The first-order chi connectivity index (χ1) is 18.1. The van der Waals surface area contributed by atoms with E-state index in [1.807, 2.05) is 0 Å². The van der Waals surface area contributed by atoms with Crippen LogP contribution >= 0.6 is 0 Å². The maximum absolute atomic E-state index is 14.0. The van der Waals surface area contributed by atoms with Gasteiger partial charge in [-0.15, -0.1) is 0 Å². The second kappa shape index (κ2) is 11.7. The molecule has 1 aromatic heterocycles. The first-order valence-corrected chi connectivity index (χ1v) is 14.1. The van der Waals surface area contributed by atoms with Crippen LogP contribution < -0.4 is 0 Å². The summed E-state index contributed by atoms with van der Waals surface area (Å²) in [6.45, 7) is 4.86. The summed E-state index contributed by atoms with van der Waals surface area (Å²) in [5, 5.41) is 3.78. The lowest BCUT2D eigenvalue weighted by Crippen LogP contribution is -2.47. The summed E-state index contributed by atoms with van der Waals surface area (Å²) in [6, 6.07) is 3.07. The van der Waals surface area contributed by atoms with Crippen molar-refractivity contribution in [3.63, 3.8) is 0 Å². The minimum atomic E-state index is -4.00. The Balaban J connectivity index is 1.39. The van der Waals surface area contributed by atoms with Gasteiger partial charge in [-0.1, -0.05) is 5.16 Å². The summed E-state index contributed by atoms with van der Waals surface area (Å²) in [5.74, 6) is -2.31. The van der Waals surface area contributed by atoms with Crippen LogP contribution in [0.25, 0.3) is 12.2 Å². The summed E-state index contributed by atoms with van der Waals surface area (Å²) < 4.78 is 65.7. The van der Waals surface area contributed by atoms with Crippen molar-refractivity contribution in [3.05, 3.63) is 46.9 Å². The Kier molecular flexibility index (Phi) is 8.61. The molecule has 2 aliphatic heterocycles. The molecule has 0 saturated carbocycles. The number of carbonyl (C=O) groups is 2. The van der Waals surface area contributed by atoms with Crippen molar-refractivity contribution in [3.8, 4) is 0 Å². The number of hydrogen-bond donors (Lipinski definition) is 0. The Morgan fingerprint density at radius 1 is 1.08 bits per heavy atom. The van der Waals surface area contributed by atoms with Crippen LogP contribution in [0.2, 0.25) is 0 Å². The van der Waals surface area contributed by atoms with Gasteiger partial charge in [-0.25, -0.2) is 17.2 Å². The number of nitrogens with zero attached hydrogens (tertiary/aromatic N) is 3. The molecule has 1 amide bonds. The molecule has 9 nitrogen and oxygen atoms in total. The number of piperidine rings is 2. The topological polar surface area (TPSA) is 110 Å². The van der Waals surface area contributed by atoms with Crippen molar-refractivity contribution in [2.45, 2.75) is 44.4 Å². The van der Waals surface area contributed by atoms with E-state index < -0.39 is 21.7 Å². The second-order valence-corrected chi connectivity index (χ2v) is 11.4. The first kappa shape index (κ1) is 27.9. The van der Waals surface area contributed by atoms with Crippen LogP contribution in [-0.4, -0.2) is 67.4 Å². The van der Waals surface area contributed by atoms with Crippen LogP contribution in [0, 0.1) is 30.4 Å². The quantitative estimate of drug-likeness (QED) is 0.484. The normalized spacial score (nSPS) is 18.3. The predicted molar refractivity (Wildman–Crippen MR) is 134 cm³/mol. The molecule has 12 heteroatoms. The van der Waals surface area contributed by atoms with E-state index in [1.165, 1.54) is 29.4 Å². The molecule has 2 saturated heterocycles. The molecule has 0 unspecified atom stereocenters. The summed E-state index contributed by atoms with van der Waals surface area (Å²) in [7, 11) is -4.00. The van der Waals surface area contributed by atoms with Gasteiger partial charge < -0.3 is 14.2 Å². The van der Waals surface area contributed by atoms with E-state index in [-0.39, 0.29) is 58.7 Å². The molecular weight excluding hydrogens is 520 g/mol. The molecule has 3 heterocycles. The third-order valence-corrected chi connectivity index (χ3v) is 9.10. The molecule has 0 atom stereocenters. The minimum Gasteiger partial charge on any atom is -0.466 e. The smallest absolute Gasteiger partial charge is 0.309 e. The van der Waals surface area contributed by atoms with Crippen molar-refractivity contribution in [2.24, 2.45) is 11.8 Å². The Labute approximate surface area is 220 Å². The molecule has 206 valence electrons. The molecule has 0 N–H and O–H groups in total. The molecule has 0 radical (unpaired) electrons. The lowest BCUT2D eigenvalue weighted by atomic mass is 9.92. The standard InChI is InChI=1S/C26H31F2N3O6S/c1-3-36-26(33)20-8-12-30(13-9-20)25(32)19-10-14-31(15-11-19)38(34,35)24-17(2)29-37-23(24)7-5-18-4-6-21(27)16-22(18)28/h4-7,16,19-20H,3,8-15H2,1-2H3/b7-5+. The van der Waals surface area contributed by atoms with Crippen molar-refractivity contribution >= 4 is 34.1 Å². The van der Waals surface area contributed by atoms with E-state index in [4.69, 9.17) is 9.26 Å². The molecule has 1 aromatic carbocycles. The highest BCUT2D eigenvalue weighted by atomic mass is 32.2. The zero-order chi connectivity index (χ0) is 27.4. The first-order valence-electron chi connectivity index (χ1n) is 12.7. The van der Waals surface area contributed by atoms with E-state index in [0.29, 0.717) is 45.4 Å². The Hall–Kier alpha value is -3.12. The zero-order valence-corrected chi connectivity index (χ0v) is 22.2. The average Bonchev–Trinajstić information content (AvgIpc) is 3.29. The average molecular weight is 552 g/mol. The molecule has 2 aliphatic rings. The van der Waals surface area contributed by atoms with E-state index >= 15 is 0 Å². The number of hydrogen-bond acceptors (Lipinski definition) is 7. The van der Waals surface area contributed by atoms with Gasteiger partial charge in [-0.05, 0) is 63.8 Å². The van der Waals surface area contributed by atoms with Crippen LogP contribution in [0.3, 0.4) is 0 Å². The van der Waals surface area contributed by atoms with Crippen LogP contribution in [0.1, 0.15) is 49.6 Å². The second-order valence-electron chi connectivity index (χ2n) is 9.49. The molecule has 38 heavy (non-hydrogen) atoms. The summed E-state index contributed by atoms with van der Waals surface area (Å²) in [6.07, 6.45) is 4.44. The van der Waals surface area contributed by atoms with Crippen molar-refractivity contribution in [2.75, 3.05) is 32.8 Å². The van der Waals surface area contributed by atoms with Crippen molar-refractivity contribution < 1.29 is 36.0 Å². The van der Waals surface area contributed by atoms with E-state index in [0.717, 1.165) is 12.1 Å². The summed E-state index contributed by atoms with van der Waals surface area (Å²) >= 11 is 0. The Morgan fingerprint density at radius 2 is 1.74 bits per heavy atom. The van der Waals surface area contributed by atoms with E-state index in [9.17, 15) is 26.8 Å². The van der Waals surface area contributed by atoms with E-state index in [2.05, 4.69) is 5.16 Å². The number of benzene rings is 1. The fraction of sp³-hybridized carbons (Fsp3) is 0.500. The van der Waals surface area contributed by atoms with Gasteiger partial charge in [0.1, 0.15) is 17.3 Å². The molecule has 2 aromatic rings. The number of aryl methyl sites for hydroxylation is 1. The van der Waals surface area contributed by atoms with Crippen molar-refractivity contribution in [1.29, 1.82) is 0 Å². The maximum atomic E-state index is 14.0. The fourth-order valence-corrected chi connectivity index (χ4v) is 6.65. The lowest BCUT2D eigenvalue weighted by Gasteiger charge is -2.36. The molecule has 4 rings (SSSR count). The number of amides is 1. The van der Waals surface area contributed by atoms with Crippen LogP contribution in [0.4, 0.5) is 8.78 Å². The van der Waals surface area contributed by atoms with Crippen LogP contribution in [0.5, 0.6) is 0 Å². The van der Waals surface area contributed by atoms with Gasteiger partial charge in [0.15, 0.2) is 10.7 Å². The Morgan fingerprint density at radius 3 is 2.37 bits per heavy atom. The van der Waals surface area contributed by atoms with Crippen molar-refractivity contribution in [1.82, 2.24) is 14.4 Å². The van der Waals surface area contributed by atoms with Gasteiger partial charge in [0, 0.05) is 43.7 Å². The third-order valence-electron chi connectivity index (χ3n) is 7.04. The number of esters is 1. The highest BCUT2D eigenvalue weighted by Gasteiger charge is 2.38. The largest absolute Gasteiger partial charge is 0.466 e. The minimum absolute atomic E-state index is 0.0181. The highest BCUT2D eigenvalue weighted by Crippen LogP contribution is 2.31. The van der Waals surface area contributed by atoms with Crippen LogP contribution in [-0.2, 0) is 24.3 Å². The van der Waals surface area contributed by atoms with Gasteiger partial charge >= 0.3 is 5.97 Å². The summed E-state index contributed by atoms with van der Waals surface area (Å²) in [4.78, 5) is 26.7. The monoisotopic (exact) mass is 551 g/mol. The zero-order valence-electron chi connectivity index (χ0n) is 21.4. The molecule has 0 aliphatic carbocycles. The molecule has 0 spiro atoms. The van der Waals surface area contributed by atoms with Gasteiger partial charge in [-0.2, -0.15) is 4.31 Å². The number of halogens is 2. The Bertz CT molecular complexity index is 1310. The van der Waals surface area contributed by atoms with Crippen LogP contribution in [0.15, 0.2) is 27.6 Å². The van der Waals surface area contributed by atoms with E-state index in [1.54, 1.807) is 11.8 Å². The number of rotatable bonds is 7. The number of ether oxygens (including phenoxy) is 1. The number of carbonyl (C=O) groups excluding carboxylic acids is 2. The number of aromatic nitrogens is 1. The SMILES string of the molecule is CCOC(=O)C1CCN(C(=O)C2CCN(S(=O)(=O)c3c(C)noc3/C=C/c3ccc(F)cc3F)CC2)CC1. The van der Waals surface area contributed by atoms with Gasteiger partial charge in [-0.3, -0.25) is 9.59 Å². The van der Waals surface area contributed by atoms with Gasteiger partial charge in [0.25, 0.3) is 0 Å². The number of likely N-dealkylation sites (tertiary alicyclic amines) is 1. The highest BCUT2D eigenvalue weighted by molar-refractivity contribution is 7.89. The lowest BCUT2D eigenvalue weighted by molar-refractivity contribution is -0.152. The van der Waals surface area contributed by atoms with Gasteiger partial charge in [0.2, 0.25) is 15.9 Å². The third kappa shape index (κ3) is 5.96. The molecule has 2 fully saturated rings. The molecular formula is C26H31F2N3O6S. The summed E-state index contributed by atoms with van der Waals surface area (Å²) in [5.41, 5.74) is 0.223. The van der Waals surface area contributed by atoms with Gasteiger partial charge in [0.05, 0.1) is 12.5 Å². The predicted octanol–water partition coefficient (Wildman–Crippen LogP) is 3.63. The molecule has 0 bridgehead atoms. The maximum Gasteiger partial charge on any atom is 0.309 e.